The van der Waals surface area contributed by atoms with E-state index in [-0.39, 0.29) is 11.9 Å². The molecule has 1 amide bonds. The molecule has 0 spiro atoms. The van der Waals surface area contributed by atoms with E-state index in [2.05, 4.69) is 5.32 Å². The highest BCUT2D eigenvalue weighted by molar-refractivity contribution is 5.95. The number of benzene rings is 2. The van der Waals surface area contributed by atoms with E-state index in [1.54, 1.807) is 31.2 Å². The van der Waals surface area contributed by atoms with Crippen LogP contribution in [0.1, 0.15) is 48.2 Å². The number of carbonyl (C=O) groups excluding carboxylic acids is 2. The molecule has 0 aromatic heterocycles. The summed E-state index contributed by atoms with van der Waals surface area (Å²) in [7, 11) is 0. The maximum Gasteiger partial charge on any atom is 0.338 e. The number of nitrogens with one attached hydrogen (secondary N) is 1. The molecule has 27 heavy (non-hydrogen) atoms. The Bertz CT molecular complexity index is 763. The number of carbonyl (C=O) groups is 2. The van der Waals surface area contributed by atoms with Crippen molar-refractivity contribution >= 4 is 17.6 Å². The van der Waals surface area contributed by atoms with Crippen LogP contribution in [-0.4, -0.2) is 24.6 Å². The molecule has 2 aromatic carbocycles. The van der Waals surface area contributed by atoms with Gasteiger partial charge in [-0.15, -0.1) is 0 Å². The highest BCUT2D eigenvalue weighted by atomic mass is 16.5. The molecule has 0 aliphatic heterocycles. The van der Waals surface area contributed by atoms with Crippen LogP contribution in [0.2, 0.25) is 0 Å². The van der Waals surface area contributed by atoms with Gasteiger partial charge in [-0.05, 0) is 74.7 Å². The van der Waals surface area contributed by atoms with E-state index >= 15 is 0 Å². The highest BCUT2D eigenvalue weighted by Gasteiger charge is 2.16. The van der Waals surface area contributed by atoms with Gasteiger partial charge in [0.05, 0.1) is 12.2 Å². The Morgan fingerprint density at radius 1 is 1.04 bits per heavy atom. The molecule has 0 saturated carbocycles. The van der Waals surface area contributed by atoms with Crippen molar-refractivity contribution in [1.29, 1.82) is 0 Å². The Kier molecular flexibility index (Phi) is 7.41. The number of aryl methyl sites for hydroxylation is 2. The van der Waals surface area contributed by atoms with Crippen molar-refractivity contribution in [3.05, 3.63) is 59.2 Å². The van der Waals surface area contributed by atoms with Crippen LogP contribution in [0.15, 0.2) is 42.5 Å². The second-order valence-electron chi connectivity index (χ2n) is 6.64. The number of hydrogen-bond acceptors (Lipinski definition) is 4. The molecule has 5 heteroatoms. The summed E-state index contributed by atoms with van der Waals surface area (Å²) < 4.78 is 10.9. The first-order valence-electron chi connectivity index (χ1n) is 9.22. The summed E-state index contributed by atoms with van der Waals surface area (Å²) >= 11 is 0. The predicted octanol–water partition coefficient (Wildman–Crippen LogP) is 4.67. The maximum absolute atomic E-state index is 12.4. The molecule has 0 saturated heterocycles. The minimum Gasteiger partial charge on any atom is -0.481 e. The lowest BCUT2D eigenvalue weighted by molar-refractivity contribution is -0.122. The largest absolute Gasteiger partial charge is 0.481 e. The zero-order chi connectivity index (χ0) is 19.8. The summed E-state index contributed by atoms with van der Waals surface area (Å²) in [5.74, 6) is 0.0561. The lowest BCUT2D eigenvalue weighted by Gasteiger charge is -2.16. The molecule has 0 bridgehead atoms. The topological polar surface area (TPSA) is 64.6 Å². The van der Waals surface area contributed by atoms with Crippen molar-refractivity contribution in [2.75, 3.05) is 11.9 Å². The molecule has 1 N–H and O–H groups in total. The van der Waals surface area contributed by atoms with E-state index in [0.29, 0.717) is 23.6 Å². The zero-order valence-electron chi connectivity index (χ0n) is 16.4. The molecule has 0 aliphatic rings. The number of ether oxygens (including phenoxy) is 2. The monoisotopic (exact) mass is 369 g/mol. The highest BCUT2D eigenvalue weighted by Crippen LogP contribution is 2.18. The third kappa shape index (κ3) is 6.44. The number of rotatable bonds is 8. The van der Waals surface area contributed by atoms with Gasteiger partial charge in [0.1, 0.15) is 5.75 Å². The predicted molar refractivity (Wildman–Crippen MR) is 106 cm³/mol. The number of anilines is 1. The molecular formula is C22H27NO4. The maximum atomic E-state index is 12.4. The van der Waals surface area contributed by atoms with Crippen molar-refractivity contribution in [2.24, 2.45) is 0 Å². The summed E-state index contributed by atoms with van der Waals surface area (Å²) in [6, 6.07) is 12.5. The van der Waals surface area contributed by atoms with Gasteiger partial charge in [0, 0.05) is 5.69 Å². The van der Waals surface area contributed by atoms with Crippen LogP contribution in [0.4, 0.5) is 5.69 Å². The third-order valence-electron chi connectivity index (χ3n) is 4.00. The molecule has 2 aromatic rings. The quantitative estimate of drug-likeness (QED) is 0.543. The fourth-order valence-corrected chi connectivity index (χ4v) is 2.58. The number of esters is 1. The molecule has 5 nitrogen and oxygen atoms in total. The van der Waals surface area contributed by atoms with E-state index in [1.807, 2.05) is 39.0 Å². The van der Waals surface area contributed by atoms with E-state index in [0.717, 1.165) is 24.0 Å². The fraction of sp³-hybridized carbons (Fsp3) is 0.364. The average molecular weight is 369 g/mol. The lowest BCUT2D eigenvalue weighted by Crippen LogP contribution is -2.30. The lowest BCUT2D eigenvalue weighted by atomic mass is 10.1. The first kappa shape index (κ1) is 20.5. The molecular weight excluding hydrogens is 342 g/mol. The van der Waals surface area contributed by atoms with Gasteiger partial charge in [-0.3, -0.25) is 4.79 Å². The molecule has 2 rings (SSSR count). The van der Waals surface area contributed by atoms with Crippen LogP contribution < -0.4 is 10.1 Å². The van der Waals surface area contributed by atoms with Crippen LogP contribution in [-0.2, 0) is 9.53 Å². The molecule has 0 radical (unpaired) electrons. The minimum absolute atomic E-state index is 0.257. The Labute approximate surface area is 160 Å². The van der Waals surface area contributed by atoms with Crippen molar-refractivity contribution in [2.45, 2.75) is 46.6 Å². The molecule has 0 heterocycles. The second kappa shape index (κ2) is 9.76. The Morgan fingerprint density at radius 2 is 1.67 bits per heavy atom. The number of hydrogen-bond donors (Lipinski definition) is 1. The first-order valence-corrected chi connectivity index (χ1v) is 9.22. The first-order chi connectivity index (χ1) is 12.9. The SMILES string of the molecule is CCCCOC(=O)c1ccc(NC(=O)[C@H](C)Oc2cc(C)cc(C)c2)cc1. The Balaban J connectivity index is 1.91. The van der Waals surface area contributed by atoms with Crippen molar-refractivity contribution in [1.82, 2.24) is 0 Å². The zero-order valence-corrected chi connectivity index (χ0v) is 16.4. The van der Waals surface area contributed by atoms with Gasteiger partial charge in [-0.25, -0.2) is 4.79 Å². The summed E-state index contributed by atoms with van der Waals surface area (Å²) in [6.07, 6.45) is 1.17. The van der Waals surface area contributed by atoms with Crippen molar-refractivity contribution < 1.29 is 19.1 Å². The molecule has 144 valence electrons. The normalized spacial score (nSPS) is 11.6. The molecule has 0 aliphatic carbocycles. The molecule has 1 atom stereocenters. The minimum atomic E-state index is -0.648. The number of unbranched alkanes of at least 4 members (excludes halogenated alkanes) is 1. The fourth-order valence-electron chi connectivity index (χ4n) is 2.58. The van der Waals surface area contributed by atoms with Gasteiger partial charge in [0.2, 0.25) is 0 Å². The average Bonchev–Trinajstić information content (AvgIpc) is 2.61. The smallest absolute Gasteiger partial charge is 0.338 e. The van der Waals surface area contributed by atoms with Gasteiger partial charge in [-0.1, -0.05) is 19.4 Å². The van der Waals surface area contributed by atoms with E-state index in [4.69, 9.17) is 9.47 Å². The summed E-state index contributed by atoms with van der Waals surface area (Å²) in [4.78, 5) is 24.2. The molecule has 0 fully saturated rings. The van der Waals surface area contributed by atoms with Gasteiger partial charge >= 0.3 is 5.97 Å². The van der Waals surface area contributed by atoms with Gasteiger partial charge in [0.25, 0.3) is 5.91 Å². The van der Waals surface area contributed by atoms with Crippen LogP contribution >= 0.6 is 0 Å². The van der Waals surface area contributed by atoms with Gasteiger partial charge in [0.15, 0.2) is 6.10 Å². The van der Waals surface area contributed by atoms with Crippen LogP contribution in [0.25, 0.3) is 0 Å². The third-order valence-corrected chi connectivity index (χ3v) is 4.00. The molecule has 0 unspecified atom stereocenters. The Hall–Kier alpha value is -2.82. The summed E-state index contributed by atoms with van der Waals surface area (Å²) in [5.41, 5.74) is 3.22. The van der Waals surface area contributed by atoms with Gasteiger partial charge < -0.3 is 14.8 Å². The van der Waals surface area contributed by atoms with Crippen LogP contribution in [0.5, 0.6) is 5.75 Å². The summed E-state index contributed by atoms with van der Waals surface area (Å²) in [6.45, 7) is 8.13. The Morgan fingerprint density at radius 3 is 2.26 bits per heavy atom. The standard InChI is InChI=1S/C22H27NO4/c1-5-6-11-26-22(25)18-7-9-19(10-8-18)23-21(24)17(4)27-20-13-15(2)12-16(3)14-20/h7-10,12-14,17H,5-6,11H2,1-4H3,(H,23,24)/t17-/m0/s1. The number of amides is 1. The summed E-state index contributed by atoms with van der Waals surface area (Å²) in [5, 5.41) is 2.79. The van der Waals surface area contributed by atoms with Crippen LogP contribution in [0.3, 0.4) is 0 Å². The second-order valence-corrected chi connectivity index (χ2v) is 6.64. The van der Waals surface area contributed by atoms with Gasteiger partial charge in [-0.2, -0.15) is 0 Å². The van der Waals surface area contributed by atoms with Crippen molar-refractivity contribution in [3.8, 4) is 5.75 Å². The van der Waals surface area contributed by atoms with Crippen LogP contribution in [0, 0.1) is 13.8 Å². The van der Waals surface area contributed by atoms with Crippen molar-refractivity contribution in [3.63, 3.8) is 0 Å². The van der Waals surface area contributed by atoms with E-state index < -0.39 is 6.10 Å². The van der Waals surface area contributed by atoms with E-state index in [9.17, 15) is 9.59 Å². The van der Waals surface area contributed by atoms with E-state index in [1.165, 1.54) is 0 Å².